The van der Waals surface area contributed by atoms with Crippen LogP contribution in [0.2, 0.25) is 0 Å². The summed E-state index contributed by atoms with van der Waals surface area (Å²) >= 11 is 1.49. The van der Waals surface area contributed by atoms with Crippen molar-refractivity contribution in [1.29, 1.82) is 0 Å². The van der Waals surface area contributed by atoms with E-state index in [1.54, 1.807) is 0 Å². The van der Waals surface area contributed by atoms with Gasteiger partial charge in [0.05, 0.1) is 12.8 Å². The number of anilines is 1. The molecule has 2 fully saturated rings. The second kappa shape index (κ2) is 9.20. The molecule has 5 heteroatoms. The number of methoxy groups -OCH3 is 1. The number of amides is 1. The highest BCUT2D eigenvalue weighted by atomic mass is 32.1. The van der Waals surface area contributed by atoms with Crippen LogP contribution in [0.3, 0.4) is 0 Å². The Balaban J connectivity index is 2.02. The number of rotatable bonds is 4. The first kappa shape index (κ1) is 22.3. The smallest absolute Gasteiger partial charge is 0.350 e. The van der Waals surface area contributed by atoms with E-state index in [0.29, 0.717) is 10.8 Å². The number of esters is 1. The van der Waals surface area contributed by atoms with Crippen molar-refractivity contribution in [2.45, 2.75) is 96.9 Å². The van der Waals surface area contributed by atoms with Gasteiger partial charge in [-0.05, 0) is 55.9 Å². The summed E-state index contributed by atoms with van der Waals surface area (Å²) in [5, 5.41) is 0. The molecule has 4 nitrogen and oxygen atoms in total. The van der Waals surface area contributed by atoms with Gasteiger partial charge >= 0.3 is 5.97 Å². The number of ether oxygens (including phenoxy) is 1. The second-order valence-corrected chi connectivity index (χ2v) is 11.1. The van der Waals surface area contributed by atoms with E-state index in [1.165, 1.54) is 24.9 Å². The van der Waals surface area contributed by atoms with E-state index >= 15 is 0 Å². The summed E-state index contributed by atoms with van der Waals surface area (Å²) in [4.78, 5) is 30.2. The fourth-order valence-corrected chi connectivity index (χ4v) is 5.83. The van der Waals surface area contributed by atoms with Crippen LogP contribution in [0.15, 0.2) is 6.07 Å². The van der Waals surface area contributed by atoms with Gasteiger partial charge in [0.2, 0.25) is 5.91 Å². The Labute approximate surface area is 180 Å². The molecule has 1 aromatic rings. The lowest BCUT2D eigenvalue weighted by atomic mass is 9.81. The van der Waals surface area contributed by atoms with E-state index in [1.807, 2.05) is 4.90 Å². The fourth-order valence-electron chi connectivity index (χ4n) is 4.71. The van der Waals surface area contributed by atoms with Crippen LogP contribution < -0.4 is 4.90 Å². The van der Waals surface area contributed by atoms with Crippen LogP contribution >= 0.6 is 11.3 Å². The Morgan fingerprint density at radius 2 is 1.66 bits per heavy atom. The van der Waals surface area contributed by atoms with Crippen molar-refractivity contribution in [3.8, 4) is 0 Å². The quantitative estimate of drug-likeness (QED) is 0.536. The highest BCUT2D eigenvalue weighted by molar-refractivity contribution is 7.14. The lowest BCUT2D eigenvalue weighted by Gasteiger charge is -2.38. The molecule has 1 heterocycles. The maximum absolute atomic E-state index is 13.8. The maximum Gasteiger partial charge on any atom is 0.350 e. The summed E-state index contributed by atoms with van der Waals surface area (Å²) in [6.07, 6.45) is 9.76. The third-order valence-electron chi connectivity index (χ3n) is 6.62. The third kappa shape index (κ3) is 5.04. The second-order valence-electron chi connectivity index (χ2n) is 10.0. The molecule has 0 bridgehead atoms. The summed E-state index contributed by atoms with van der Waals surface area (Å²) in [6, 6.07) is 2.29. The Morgan fingerprint density at radius 3 is 2.21 bits per heavy atom. The number of hydrogen-bond acceptors (Lipinski definition) is 4. The first-order chi connectivity index (χ1) is 13.7. The zero-order valence-electron chi connectivity index (χ0n) is 18.8. The topological polar surface area (TPSA) is 46.6 Å². The van der Waals surface area contributed by atoms with Crippen LogP contribution in [0.25, 0.3) is 0 Å². The molecular formula is C24H37NO3S. The molecule has 1 aromatic heterocycles. The number of thiophene rings is 1. The molecule has 3 rings (SSSR count). The van der Waals surface area contributed by atoms with Crippen molar-refractivity contribution in [3.63, 3.8) is 0 Å². The molecule has 0 spiro atoms. The Morgan fingerprint density at radius 1 is 1.03 bits per heavy atom. The molecule has 2 aliphatic carbocycles. The molecule has 1 amide bonds. The Kier molecular flexibility index (Phi) is 7.08. The molecule has 0 aliphatic heterocycles. The Bertz CT molecular complexity index is 719. The molecule has 162 valence electrons. The van der Waals surface area contributed by atoms with Crippen LogP contribution in [0.5, 0.6) is 0 Å². The highest BCUT2D eigenvalue weighted by Gasteiger charge is 2.37. The van der Waals surface area contributed by atoms with Gasteiger partial charge in [0.15, 0.2) is 0 Å². The predicted octanol–water partition coefficient (Wildman–Crippen LogP) is 6.32. The minimum atomic E-state index is -0.327. The zero-order chi connectivity index (χ0) is 21.2. The van der Waals surface area contributed by atoms with Crippen LogP contribution in [0, 0.1) is 11.8 Å². The number of nitrogens with zero attached hydrogens (tertiary/aromatic N) is 1. The number of carbonyl (C=O) groups is 2. The number of carbonyl (C=O) groups excluding carboxylic acids is 2. The molecule has 29 heavy (non-hydrogen) atoms. The van der Waals surface area contributed by atoms with Crippen molar-refractivity contribution in [2.75, 3.05) is 12.0 Å². The lowest BCUT2D eigenvalue weighted by Crippen LogP contribution is -2.46. The van der Waals surface area contributed by atoms with Crippen molar-refractivity contribution in [3.05, 3.63) is 15.8 Å². The predicted molar refractivity (Wildman–Crippen MR) is 120 cm³/mol. The first-order valence-corrected chi connectivity index (χ1v) is 12.1. The molecule has 2 saturated carbocycles. The maximum atomic E-state index is 13.8. The summed E-state index contributed by atoms with van der Waals surface area (Å²) in [5.74, 6) is 0.691. The van der Waals surface area contributed by atoms with Crippen LogP contribution in [0.1, 0.15) is 100 Å². The van der Waals surface area contributed by atoms with E-state index in [0.717, 1.165) is 61.9 Å². The van der Waals surface area contributed by atoms with Crippen LogP contribution in [-0.2, 0) is 14.9 Å². The monoisotopic (exact) mass is 419 g/mol. The third-order valence-corrected chi connectivity index (χ3v) is 8.15. The molecule has 0 unspecified atom stereocenters. The van der Waals surface area contributed by atoms with Crippen molar-refractivity contribution in [2.24, 2.45) is 11.8 Å². The van der Waals surface area contributed by atoms with E-state index in [9.17, 15) is 9.59 Å². The SMILES string of the molecule is COC(=O)c1sc(C(C)(C)C)cc1N(C(=O)[C@H]1CC[C@H](C)CC1)C1CCCCC1. The highest BCUT2D eigenvalue weighted by Crippen LogP contribution is 2.42. The van der Waals surface area contributed by atoms with E-state index in [-0.39, 0.29) is 29.3 Å². The van der Waals surface area contributed by atoms with E-state index < -0.39 is 0 Å². The van der Waals surface area contributed by atoms with Gasteiger partial charge in [0.1, 0.15) is 4.88 Å². The standard InChI is InChI=1S/C24H37NO3S/c1-16-11-13-17(14-12-16)22(26)25(18-9-7-6-8-10-18)19-15-20(24(2,3)4)29-21(19)23(27)28-5/h15-18H,6-14H2,1-5H3/t16-,17-. The molecule has 0 radical (unpaired) electrons. The zero-order valence-corrected chi connectivity index (χ0v) is 19.6. The van der Waals surface area contributed by atoms with Crippen LogP contribution in [0.4, 0.5) is 5.69 Å². The average molecular weight is 420 g/mol. The van der Waals surface area contributed by atoms with Crippen molar-refractivity contribution < 1.29 is 14.3 Å². The molecule has 0 N–H and O–H groups in total. The molecule has 2 aliphatic rings. The minimum absolute atomic E-state index is 0.0761. The van der Waals surface area contributed by atoms with Gasteiger partial charge in [0, 0.05) is 16.8 Å². The summed E-state index contributed by atoms with van der Waals surface area (Å²) in [6.45, 7) is 8.74. The lowest BCUT2D eigenvalue weighted by molar-refractivity contribution is -0.124. The van der Waals surface area contributed by atoms with Crippen molar-refractivity contribution >= 4 is 28.9 Å². The van der Waals surface area contributed by atoms with Gasteiger partial charge in [-0.1, -0.05) is 47.0 Å². The van der Waals surface area contributed by atoms with Crippen molar-refractivity contribution in [1.82, 2.24) is 0 Å². The molecule has 0 atom stereocenters. The molecule has 0 saturated heterocycles. The van der Waals surface area contributed by atoms with Gasteiger partial charge in [-0.2, -0.15) is 0 Å². The van der Waals surface area contributed by atoms with Gasteiger partial charge < -0.3 is 9.64 Å². The average Bonchev–Trinajstić information content (AvgIpc) is 3.14. The summed E-state index contributed by atoms with van der Waals surface area (Å²) in [7, 11) is 1.43. The molecule has 0 aromatic carbocycles. The number of hydrogen-bond donors (Lipinski definition) is 0. The van der Waals surface area contributed by atoms with E-state index in [2.05, 4.69) is 33.8 Å². The van der Waals surface area contributed by atoms with Gasteiger partial charge in [0.25, 0.3) is 0 Å². The first-order valence-electron chi connectivity index (χ1n) is 11.3. The van der Waals surface area contributed by atoms with Gasteiger partial charge in [-0.15, -0.1) is 11.3 Å². The van der Waals surface area contributed by atoms with Crippen LogP contribution in [-0.4, -0.2) is 25.0 Å². The Hall–Kier alpha value is -1.36. The summed E-state index contributed by atoms with van der Waals surface area (Å²) in [5.41, 5.74) is 0.718. The fraction of sp³-hybridized carbons (Fsp3) is 0.750. The van der Waals surface area contributed by atoms with Gasteiger partial charge in [-0.25, -0.2) is 4.79 Å². The minimum Gasteiger partial charge on any atom is -0.465 e. The van der Waals surface area contributed by atoms with Gasteiger partial charge in [-0.3, -0.25) is 4.79 Å². The molecular weight excluding hydrogens is 382 g/mol. The summed E-state index contributed by atoms with van der Waals surface area (Å²) < 4.78 is 5.11. The largest absolute Gasteiger partial charge is 0.465 e. The van der Waals surface area contributed by atoms with E-state index in [4.69, 9.17) is 4.74 Å². The normalized spacial score (nSPS) is 23.6.